The number of nitrogens with one attached hydrogen (secondary N) is 3. The third-order valence-electron chi connectivity index (χ3n) is 4.31. The molecule has 8 heteroatoms. The molecule has 0 aliphatic carbocycles. The highest BCUT2D eigenvalue weighted by molar-refractivity contribution is 6.31. The number of anilines is 1. The van der Waals surface area contributed by atoms with Gasteiger partial charge in [-0.25, -0.2) is 4.79 Å². The van der Waals surface area contributed by atoms with Gasteiger partial charge in [-0.15, -0.1) is 0 Å². The number of rotatable bonds is 5. The predicted octanol–water partition coefficient (Wildman–Crippen LogP) is 2.07. The van der Waals surface area contributed by atoms with Crippen LogP contribution < -0.4 is 20.7 Å². The predicted molar refractivity (Wildman–Crippen MR) is 106 cm³/mol. The van der Waals surface area contributed by atoms with Crippen molar-refractivity contribution in [3.05, 3.63) is 64.7 Å². The van der Waals surface area contributed by atoms with E-state index in [0.717, 1.165) is 11.1 Å². The van der Waals surface area contributed by atoms with Crippen molar-refractivity contribution in [3.8, 4) is 5.75 Å². The van der Waals surface area contributed by atoms with E-state index >= 15 is 0 Å². The molecule has 0 radical (unpaired) electrons. The number of carbonyl (C=O) groups is 4. The number of carbonyl (C=O) groups excluding carboxylic acids is 4. The van der Waals surface area contributed by atoms with Gasteiger partial charge in [-0.05, 0) is 49.2 Å². The summed E-state index contributed by atoms with van der Waals surface area (Å²) in [5.74, 6) is -1.65. The van der Waals surface area contributed by atoms with Crippen LogP contribution in [-0.4, -0.2) is 30.4 Å². The Morgan fingerprint density at radius 1 is 1.00 bits per heavy atom. The molecule has 5 amide bonds. The van der Waals surface area contributed by atoms with E-state index in [0.29, 0.717) is 17.0 Å². The number of imide groups is 2. The smallest absolute Gasteiger partial charge is 0.328 e. The third-order valence-corrected chi connectivity index (χ3v) is 4.31. The van der Waals surface area contributed by atoms with E-state index in [1.807, 2.05) is 36.6 Å². The lowest BCUT2D eigenvalue weighted by molar-refractivity contribution is -0.124. The molecule has 0 bridgehead atoms. The second kappa shape index (κ2) is 8.39. The summed E-state index contributed by atoms with van der Waals surface area (Å²) in [4.78, 5) is 47.1. The number of hydrogen-bond acceptors (Lipinski definition) is 5. The van der Waals surface area contributed by atoms with Crippen molar-refractivity contribution in [1.29, 1.82) is 0 Å². The molecule has 1 fully saturated rings. The molecule has 148 valence electrons. The number of ether oxygens (including phenoxy) is 1. The molecule has 0 saturated carbocycles. The minimum absolute atomic E-state index is 0.236. The zero-order valence-corrected chi connectivity index (χ0v) is 15.9. The molecule has 2 aromatic rings. The number of amides is 5. The van der Waals surface area contributed by atoms with E-state index in [1.54, 1.807) is 30.3 Å². The largest absolute Gasteiger partial charge is 0.483 e. The van der Waals surface area contributed by atoms with Gasteiger partial charge in [0.15, 0.2) is 6.61 Å². The highest BCUT2D eigenvalue weighted by Crippen LogP contribution is 2.22. The zero-order valence-electron chi connectivity index (χ0n) is 15.9. The fourth-order valence-electron chi connectivity index (χ4n) is 2.65. The molecular formula is C21H19N3O5. The first kappa shape index (κ1) is 19.8. The van der Waals surface area contributed by atoms with Gasteiger partial charge in [0, 0.05) is 11.3 Å². The Labute approximate surface area is 166 Å². The SMILES string of the molecule is Cc1ccc(NC(=O)COc2ccccc2C=C2C(=O)NC(=O)NC2=O)cc1C. The van der Waals surface area contributed by atoms with Gasteiger partial charge in [0.2, 0.25) is 0 Å². The van der Waals surface area contributed by atoms with Crippen LogP contribution in [0.15, 0.2) is 48.0 Å². The molecule has 1 heterocycles. The van der Waals surface area contributed by atoms with Crippen molar-refractivity contribution >= 4 is 35.5 Å². The van der Waals surface area contributed by atoms with Crippen LogP contribution in [0.5, 0.6) is 5.75 Å². The van der Waals surface area contributed by atoms with Crippen molar-refractivity contribution in [2.45, 2.75) is 13.8 Å². The maximum atomic E-state index is 12.2. The van der Waals surface area contributed by atoms with Gasteiger partial charge in [0.1, 0.15) is 11.3 Å². The lowest BCUT2D eigenvalue weighted by Gasteiger charge is -2.15. The van der Waals surface area contributed by atoms with Crippen LogP contribution in [0.3, 0.4) is 0 Å². The minimum atomic E-state index is -0.871. The number of urea groups is 1. The Kier molecular flexibility index (Phi) is 5.73. The summed E-state index contributed by atoms with van der Waals surface area (Å²) in [6.07, 6.45) is 1.30. The van der Waals surface area contributed by atoms with Crippen molar-refractivity contribution in [3.63, 3.8) is 0 Å². The van der Waals surface area contributed by atoms with Crippen LogP contribution in [-0.2, 0) is 14.4 Å². The Balaban J connectivity index is 1.71. The highest BCUT2D eigenvalue weighted by atomic mass is 16.5. The second-order valence-electron chi connectivity index (χ2n) is 6.47. The van der Waals surface area contributed by atoms with Gasteiger partial charge in [-0.3, -0.25) is 25.0 Å². The monoisotopic (exact) mass is 393 g/mol. The van der Waals surface area contributed by atoms with Crippen molar-refractivity contribution in [2.75, 3.05) is 11.9 Å². The lowest BCUT2D eigenvalue weighted by atomic mass is 10.1. The standard InChI is InChI=1S/C21H19N3O5/c1-12-7-8-15(9-13(12)2)22-18(25)11-29-17-6-4-3-5-14(17)10-16-19(26)23-21(28)24-20(16)27/h3-10H,11H2,1-2H3,(H,22,25)(H2,23,24,26,27,28). The molecule has 8 nitrogen and oxygen atoms in total. The quantitative estimate of drug-likeness (QED) is 0.532. The molecule has 0 unspecified atom stereocenters. The van der Waals surface area contributed by atoms with Gasteiger partial charge in [-0.2, -0.15) is 0 Å². The van der Waals surface area contributed by atoms with Crippen molar-refractivity contribution in [2.24, 2.45) is 0 Å². The molecule has 0 aromatic heterocycles. The number of para-hydroxylation sites is 1. The van der Waals surface area contributed by atoms with Crippen LogP contribution in [0.2, 0.25) is 0 Å². The summed E-state index contributed by atoms with van der Waals surface area (Å²) in [5, 5.41) is 6.76. The van der Waals surface area contributed by atoms with Crippen LogP contribution in [0.1, 0.15) is 16.7 Å². The van der Waals surface area contributed by atoms with Crippen LogP contribution in [0.25, 0.3) is 6.08 Å². The number of hydrogen-bond donors (Lipinski definition) is 3. The summed E-state index contributed by atoms with van der Waals surface area (Å²) in [6.45, 7) is 3.68. The fourth-order valence-corrected chi connectivity index (χ4v) is 2.65. The topological polar surface area (TPSA) is 114 Å². The van der Waals surface area contributed by atoms with Crippen molar-refractivity contribution in [1.82, 2.24) is 10.6 Å². The van der Waals surface area contributed by atoms with Gasteiger partial charge in [0.25, 0.3) is 17.7 Å². The minimum Gasteiger partial charge on any atom is -0.483 e. The average molecular weight is 393 g/mol. The first-order valence-electron chi connectivity index (χ1n) is 8.81. The van der Waals surface area contributed by atoms with Gasteiger partial charge < -0.3 is 10.1 Å². The van der Waals surface area contributed by atoms with Gasteiger partial charge in [-0.1, -0.05) is 24.3 Å². The summed E-state index contributed by atoms with van der Waals surface area (Å²) >= 11 is 0. The maximum absolute atomic E-state index is 12.2. The Bertz CT molecular complexity index is 1020. The van der Waals surface area contributed by atoms with Crippen LogP contribution in [0, 0.1) is 13.8 Å². The Hall–Kier alpha value is -3.94. The molecule has 1 aliphatic heterocycles. The number of barbiturate groups is 1. The third kappa shape index (κ3) is 4.86. The van der Waals surface area contributed by atoms with E-state index in [-0.39, 0.29) is 18.1 Å². The van der Waals surface area contributed by atoms with E-state index in [1.165, 1.54) is 6.08 Å². The fraction of sp³-hybridized carbons (Fsp3) is 0.143. The maximum Gasteiger partial charge on any atom is 0.328 e. The normalized spacial score (nSPS) is 13.4. The summed E-state index contributed by atoms with van der Waals surface area (Å²) in [6, 6.07) is 11.3. The van der Waals surface area contributed by atoms with E-state index in [2.05, 4.69) is 5.32 Å². The van der Waals surface area contributed by atoms with E-state index in [4.69, 9.17) is 4.74 Å². The zero-order chi connectivity index (χ0) is 21.0. The molecule has 29 heavy (non-hydrogen) atoms. The van der Waals surface area contributed by atoms with E-state index in [9.17, 15) is 19.2 Å². The van der Waals surface area contributed by atoms with Crippen LogP contribution >= 0.6 is 0 Å². The average Bonchev–Trinajstić information content (AvgIpc) is 2.66. The molecular weight excluding hydrogens is 374 g/mol. The van der Waals surface area contributed by atoms with E-state index < -0.39 is 17.8 Å². The van der Waals surface area contributed by atoms with Crippen LogP contribution in [0.4, 0.5) is 10.5 Å². The molecule has 1 saturated heterocycles. The summed E-state index contributed by atoms with van der Waals surface area (Å²) < 4.78 is 5.57. The van der Waals surface area contributed by atoms with Gasteiger partial charge >= 0.3 is 6.03 Å². The Morgan fingerprint density at radius 3 is 2.38 bits per heavy atom. The molecule has 0 atom stereocenters. The highest BCUT2D eigenvalue weighted by Gasteiger charge is 2.28. The molecule has 3 rings (SSSR count). The van der Waals surface area contributed by atoms with Crippen molar-refractivity contribution < 1.29 is 23.9 Å². The second-order valence-corrected chi connectivity index (χ2v) is 6.47. The molecule has 3 N–H and O–H groups in total. The Morgan fingerprint density at radius 2 is 1.69 bits per heavy atom. The molecule has 0 spiro atoms. The first-order chi connectivity index (χ1) is 13.8. The number of benzene rings is 2. The van der Waals surface area contributed by atoms with Gasteiger partial charge in [0.05, 0.1) is 0 Å². The molecule has 1 aliphatic rings. The molecule has 2 aromatic carbocycles. The first-order valence-corrected chi connectivity index (χ1v) is 8.81. The number of aryl methyl sites for hydroxylation is 2. The summed E-state index contributed by atoms with van der Waals surface area (Å²) in [7, 11) is 0. The lowest BCUT2D eigenvalue weighted by Crippen LogP contribution is -2.51. The summed E-state index contributed by atoms with van der Waals surface area (Å²) in [5.41, 5.74) is 3.03.